The van der Waals surface area contributed by atoms with Gasteiger partial charge in [-0.1, -0.05) is 32.1 Å². The Morgan fingerprint density at radius 1 is 1.18 bits per heavy atom. The summed E-state index contributed by atoms with van der Waals surface area (Å²) in [6, 6.07) is 0. The van der Waals surface area contributed by atoms with E-state index in [2.05, 4.69) is 29.2 Å². The molecule has 3 rings (SSSR count). The van der Waals surface area contributed by atoms with E-state index in [0.717, 1.165) is 44.9 Å². The second-order valence-electron chi connectivity index (χ2n) is 8.48. The summed E-state index contributed by atoms with van der Waals surface area (Å²) < 4.78 is 11.4. The summed E-state index contributed by atoms with van der Waals surface area (Å²) in [4.78, 5) is 16.1. The molecule has 5 nitrogen and oxygen atoms in total. The molecule has 0 bridgehead atoms. The number of amides is 1. The van der Waals surface area contributed by atoms with Crippen LogP contribution in [0.15, 0.2) is 35.6 Å². The Morgan fingerprint density at radius 2 is 1.93 bits per heavy atom. The number of hydrogen-bond acceptors (Lipinski definition) is 4. The van der Waals surface area contributed by atoms with Gasteiger partial charge in [0.25, 0.3) is 0 Å². The fourth-order valence-corrected chi connectivity index (χ4v) is 3.39. The van der Waals surface area contributed by atoms with Crippen LogP contribution in [0.1, 0.15) is 53.9 Å². The molecule has 1 saturated heterocycles. The molecule has 1 fully saturated rings. The van der Waals surface area contributed by atoms with Gasteiger partial charge in [-0.15, -0.1) is 0 Å². The first kappa shape index (κ1) is 22.5. The van der Waals surface area contributed by atoms with Crippen molar-refractivity contribution in [2.45, 2.75) is 59.5 Å². The molecular weight excluding hydrogens is 352 g/mol. The third-order valence-corrected chi connectivity index (χ3v) is 4.84. The number of allylic oxidation sites excluding steroid dienone is 2. The second-order valence-corrected chi connectivity index (χ2v) is 8.48. The minimum absolute atomic E-state index is 0.215. The summed E-state index contributed by atoms with van der Waals surface area (Å²) in [6.07, 6.45) is 12.2. The van der Waals surface area contributed by atoms with Gasteiger partial charge < -0.3 is 14.4 Å². The number of ether oxygens (including phenoxy) is 2. The Morgan fingerprint density at radius 3 is 2.50 bits per heavy atom. The van der Waals surface area contributed by atoms with E-state index >= 15 is 0 Å². The van der Waals surface area contributed by atoms with Crippen molar-refractivity contribution in [1.29, 1.82) is 0 Å². The van der Waals surface area contributed by atoms with Gasteiger partial charge in [0, 0.05) is 45.1 Å². The van der Waals surface area contributed by atoms with Gasteiger partial charge in [0.05, 0.1) is 12.4 Å². The lowest BCUT2D eigenvalue weighted by molar-refractivity contribution is -0.0140. The molecule has 0 unspecified atom stereocenters. The van der Waals surface area contributed by atoms with Crippen molar-refractivity contribution >= 4 is 6.09 Å². The van der Waals surface area contributed by atoms with Gasteiger partial charge in [-0.3, -0.25) is 4.90 Å². The Bertz CT molecular complexity index is 595. The smallest absolute Gasteiger partial charge is 0.410 e. The van der Waals surface area contributed by atoms with Crippen LogP contribution >= 0.6 is 0 Å². The standard InChI is InChI=1S/C21H32N2O3.C2H6/c1-21(2,3)26-20(24)23-14-18(15-23)16-25-19-9-11-22(12-10-19)13-17-7-5-4-6-8-17;1-2/h5,7-9,18H,4,6,10-16H2,1-3H3;1-2H3. The van der Waals surface area contributed by atoms with Crippen molar-refractivity contribution in [2.24, 2.45) is 5.92 Å². The minimum Gasteiger partial charge on any atom is -0.498 e. The van der Waals surface area contributed by atoms with E-state index in [0.29, 0.717) is 12.5 Å². The van der Waals surface area contributed by atoms with Crippen molar-refractivity contribution in [1.82, 2.24) is 9.80 Å². The van der Waals surface area contributed by atoms with Crippen LogP contribution in [-0.4, -0.2) is 60.8 Å². The molecule has 1 aliphatic carbocycles. The topological polar surface area (TPSA) is 42.0 Å². The number of likely N-dealkylation sites (tertiary alicyclic amines) is 1. The first-order chi connectivity index (χ1) is 13.4. The van der Waals surface area contributed by atoms with Crippen LogP contribution in [-0.2, 0) is 9.47 Å². The zero-order chi connectivity index (χ0) is 20.6. The van der Waals surface area contributed by atoms with E-state index in [1.165, 1.54) is 18.4 Å². The molecule has 2 heterocycles. The van der Waals surface area contributed by atoms with Gasteiger partial charge in [0.1, 0.15) is 5.60 Å². The minimum atomic E-state index is -0.430. The van der Waals surface area contributed by atoms with Crippen LogP contribution in [0.4, 0.5) is 4.79 Å². The molecule has 0 saturated carbocycles. The Labute approximate surface area is 171 Å². The molecule has 28 heavy (non-hydrogen) atoms. The number of carbonyl (C=O) groups is 1. The third-order valence-electron chi connectivity index (χ3n) is 4.84. The van der Waals surface area contributed by atoms with E-state index in [-0.39, 0.29) is 6.09 Å². The molecule has 0 atom stereocenters. The molecule has 158 valence electrons. The third kappa shape index (κ3) is 7.34. The van der Waals surface area contributed by atoms with E-state index in [1.807, 2.05) is 34.6 Å². The highest BCUT2D eigenvalue weighted by atomic mass is 16.6. The molecule has 1 amide bonds. The van der Waals surface area contributed by atoms with Crippen molar-refractivity contribution in [3.63, 3.8) is 0 Å². The van der Waals surface area contributed by atoms with Crippen LogP contribution in [0.3, 0.4) is 0 Å². The first-order valence-corrected chi connectivity index (χ1v) is 10.8. The number of nitrogens with zero attached hydrogens (tertiary/aromatic N) is 2. The lowest BCUT2D eigenvalue weighted by atomic mass is 10.0. The molecule has 3 aliphatic rings. The molecule has 2 aliphatic heterocycles. The predicted molar refractivity (Wildman–Crippen MR) is 114 cm³/mol. The van der Waals surface area contributed by atoms with Gasteiger partial charge in [0.2, 0.25) is 0 Å². The van der Waals surface area contributed by atoms with Gasteiger partial charge in [0.15, 0.2) is 0 Å². The summed E-state index contributed by atoms with van der Waals surface area (Å²) in [5.74, 6) is 1.52. The maximum atomic E-state index is 11.9. The van der Waals surface area contributed by atoms with Gasteiger partial charge in [-0.05, 0) is 45.3 Å². The normalized spacial score (nSPS) is 20.4. The van der Waals surface area contributed by atoms with Crippen LogP contribution in [0.2, 0.25) is 0 Å². The molecular formula is C23H38N2O3. The highest BCUT2D eigenvalue weighted by Crippen LogP contribution is 2.22. The van der Waals surface area contributed by atoms with Gasteiger partial charge >= 0.3 is 6.09 Å². The fourth-order valence-electron chi connectivity index (χ4n) is 3.39. The van der Waals surface area contributed by atoms with Crippen LogP contribution in [0.5, 0.6) is 0 Å². The monoisotopic (exact) mass is 390 g/mol. The molecule has 0 N–H and O–H groups in total. The van der Waals surface area contributed by atoms with E-state index in [1.54, 1.807) is 4.90 Å². The summed E-state index contributed by atoms with van der Waals surface area (Å²) >= 11 is 0. The van der Waals surface area contributed by atoms with Crippen molar-refractivity contribution in [2.75, 3.05) is 39.3 Å². The molecule has 0 aromatic carbocycles. The Hall–Kier alpha value is -1.75. The average molecular weight is 391 g/mol. The fraction of sp³-hybridized carbons (Fsp3) is 0.696. The SMILES string of the molecule is CC.CC(C)(C)OC(=O)N1CC(COC2=CCN(CC3=CCCC=C3)CC2)C1. The zero-order valence-electron chi connectivity index (χ0n) is 18.4. The van der Waals surface area contributed by atoms with Gasteiger partial charge in [-0.2, -0.15) is 0 Å². The second kappa shape index (κ2) is 10.7. The maximum absolute atomic E-state index is 11.9. The molecule has 5 heteroatoms. The summed E-state index contributed by atoms with van der Waals surface area (Å²) in [5, 5.41) is 0. The Kier molecular flexibility index (Phi) is 8.61. The highest BCUT2D eigenvalue weighted by molar-refractivity contribution is 5.69. The Balaban J connectivity index is 0.00000136. The van der Waals surface area contributed by atoms with E-state index < -0.39 is 5.60 Å². The average Bonchev–Trinajstić information content (AvgIpc) is 2.63. The summed E-state index contributed by atoms with van der Waals surface area (Å²) in [5.41, 5.74) is 1.01. The van der Waals surface area contributed by atoms with Crippen LogP contribution < -0.4 is 0 Å². The highest BCUT2D eigenvalue weighted by Gasteiger charge is 2.34. The molecule has 0 aromatic rings. The lowest BCUT2D eigenvalue weighted by Gasteiger charge is -2.39. The van der Waals surface area contributed by atoms with E-state index in [4.69, 9.17) is 9.47 Å². The quantitative estimate of drug-likeness (QED) is 0.679. The summed E-state index contributed by atoms with van der Waals surface area (Å²) in [6.45, 7) is 14.9. The van der Waals surface area contributed by atoms with Crippen molar-refractivity contribution < 1.29 is 14.3 Å². The van der Waals surface area contributed by atoms with Gasteiger partial charge in [-0.25, -0.2) is 4.79 Å². The number of carbonyl (C=O) groups excluding carboxylic acids is 1. The molecule has 0 spiro atoms. The number of rotatable bonds is 5. The lowest BCUT2D eigenvalue weighted by Crippen LogP contribution is -2.53. The maximum Gasteiger partial charge on any atom is 0.410 e. The molecule has 0 radical (unpaired) electrons. The zero-order valence-corrected chi connectivity index (χ0v) is 18.4. The van der Waals surface area contributed by atoms with E-state index in [9.17, 15) is 4.79 Å². The number of hydrogen-bond donors (Lipinski definition) is 0. The van der Waals surface area contributed by atoms with Crippen molar-refractivity contribution in [3.05, 3.63) is 35.6 Å². The summed E-state index contributed by atoms with van der Waals surface area (Å²) in [7, 11) is 0. The first-order valence-electron chi connectivity index (χ1n) is 10.8. The van der Waals surface area contributed by atoms with Crippen molar-refractivity contribution in [3.8, 4) is 0 Å². The van der Waals surface area contributed by atoms with Crippen LogP contribution in [0, 0.1) is 5.92 Å². The van der Waals surface area contributed by atoms with Crippen LogP contribution in [0.25, 0.3) is 0 Å². The molecule has 0 aromatic heterocycles. The largest absolute Gasteiger partial charge is 0.498 e. The predicted octanol–water partition coefficient (Wildman–Crippen LogP) is 4.76.